The van der Waals surface area contributed by atoms with Crippen LogP contribution in [0.4, 0.5) is 13.2 Å². The Balaban J connectivity index is 1.60. The van der Waals surface area contributed by atoms with E-state index in [2.05, 4.69) is 30.3 Å². The Bertz CT molecular complexity index is 693. The molecule has 0 nitrogen and oxygen atoms in total. The molecule has 138 valence electrons. The molecule has 1 saturated carbocycles. The standard InChI is InChI=1S/C23H25F3/c24-16-2-1-3-17-4-6-18(7-5-17)19-8-10-20(11-9-19)21-12-14-22(15-13-21)23(25)26/h1,3,8-15,17-18,23H,2,4-7,16H2/t17-,18-. The van der Waals surface area contributed by atoms with Crippen molar-refractivity contribution in [1.29, 1.82) is 0 Å². The molecule has 0 aliphatic heterocycles. The van der Waals surface area contributed by atoms with Crippen molar-refractivity contribution in [2.45, 2.75) is 44.4 Å². The Kier molecular flexibility index (Phi) is 6.54. The number of alkyl halides is 3. The summed E-state index contributed by atoms with van der Waals surface area (Å²) < 4.78 is 37.5. The van der Waals surface area contributed by atoms with E-state index in [4.69, 9.17) is 0 Å². The highest BCUT2D eigenvalue weighted by Crippen LogP contribution is 2.37. The second kappa shape index (κ2) is 9.07. The zero-order chi connectivity index (χ0) is 18.4. The van der Waals surface area contributed by atoms with E-state index >= 15 is 0 Å². The molecule has 2 aromatic carbocycles. The minimum atomic E-state index is -2.42. The highest BCUT2D eigenvalue weighted by atomic mass is 19.3. The van der Waals surface area contributed by atoms with Gasteiger partial charge in [0.1, 0.15) is 0 Å². The average Bonchev–Trinajstić information content (AvgIpc) is 2.69. The molecule has 0 atom stereocenters. The summed E-state index contributed by atoms with van der Waals surface area (Å²) in [7, 11) is 0. The second-order valence-electron chi connectivity index (χ2n) is 7.06. The van der Waals surface area contributed by atoms with E-state index in [-0.39, 0.29) is 12.2 Å². The number of hydrogen-bond donors (Lipinski definition) is 0. The van der Waals surface area contributed by atoms with Crippen LogP contribution in [0.1, 0.15) is 55.6 Å². The third-order valence-electron chi connectivity index (χ3n) is 5.33. The fraction of sp³-hybridized carbons (Fsp3) is 0.391. The fourth-order valence-electron chi connectivity index (χ4n) is 3.77. The smallest absolute Gasteiger partial charge is 0.251 e. The van der Waals surface area contributed by atoms with Crippen LogP contribution >= 0.6 is 0 Å². The summed E-state index contributed by atoms with van der Waals surface area (Å²) in [4.78, 5) is 0. The summed E-state index contributed by atoms with van der Waals surface area (Å²) >= 11 is 0. The van der Waals surface area contributed by atoms with Gasteiger partial charge >= 0.3 is 0 Å². The molecule has 2 aromatic rings. The lowest BCUT2D eigenvalue weighted by Crippen LogP contribution is -2.11. The van der Waals surface area contributed by atoms with Crippen molar-refractivity contribution in [3.05, 3.63) is 71.8 Å². The molecule has 0 spiro atoms. The monoisotopic (exact) mass is 358 g/mol. The van der Waals surface area contributed by atoms with E-state index in [1.54, 1.807) is 12.1 Å². The molecule has 0 bridgehead atoms. The van der Waals surface area contributed by atoms with Crippen molar-refractivity contribution in [1.82, 2.24) is 0 Å². The molecular formula is C23H25F3. The van der Waals surface area contributed by atoms with E-state index in [1.807, 2.05) is 6.08 Å². The summed E-state index contributed by atoms with van der Waals surface area (Å²) in [5.41, 5.74) is 3.42. The van der Waals surface area contributed by atoms with Gasteiger partial charge in [-0.25, -0.2) is 8.78 Å². The predicted molar refractivity (Wildman–Crippen MR) is 101 cm³/mol. The molecule has 0 amide bonds. The number of allylic oxidation sites excluding steroid dienone is 2. The predicted octanol–water partition coefficient (Wildman–Crippen LogP) is 7.48. The van der Waals surface area contributed by atoms with Crippen LogP contribution in [-0.2, 0) is 0 Å². The van der Waals surface area contributed by atoms with Crippen molar-refractivity contribution in [3.63, 3.8) is 0 Å². The molecule has 3 rings (SSSR count). The first-order valence-corrected chi connectivity index (χ1v) is 9.38. The Morgan fingerprint density at radius 2 is 1.42 bits per heavy atom. The summed E-state index contributed by atoms with van der Waals surface area (Å²) in [5, 5.41) is 0. The molecular weight excluding hydrogens is 333 g/mol. The van der Waals surface area contributed by atoms with Gasteiger partial charge in [0.25, 0.3) is 6.43 Å². The van der Waals surface area contributed by atoms with Crippen molar-refractivity contribution in [3.8, 4) is 11.1 Å². The summed E-state index contributed by atoms with van der Waals surface area (Å²) in [6, 6.07) is 15.0. The van der Waals surface area contributed by atoms with Crippen molar-refractivity contribution in [2.75, 3.05) is 6.67 Å². The zero-order valence-electron chi connectivity index (χ0n) is 14.9. The van der Waals surface area contributed by atoms with Crippen molar-refractivity contribution < 1.29 is 13.2 Å². The van der Waals surface area contributed by atoms with Gasteiger partial charge in [0, 0.05) is 5.56 Å². The SMILES string of the molecule is FCCC=C[C@H]1CC[C@H](c2ccc(-c3ccc(C(F)F)cc3)cc2)CC1. The normalized spacial score (nSPS) is 20.8. The Labute approximate surface area is 153 Å². The molecule has 1 aliphatic carbocycles. The molecule has 0 radical (unpaired) electrons. The zero-order valence-corrected chi connectivity index (χ0v) is 14.9. The van der Waals surface area contributed by atoms with E-state index in [9.17, 15) is 13.2 Å². The molecule has 3 heteroatoms. The molecule has 26 heavy (non-hydrogen) atoms. The maximum absolute atomic E-state index is 12.7. The maximum atomic E-state index is 12.7. The van der Waals surface area contributed by atoms with Crippen LogP contribution in [0.5, 0.6) is 0 Å². The molecule has 1 fully saturated rings. The van der Waals surface area contributed by atoms with Gasteiger partial charge in [0.05, 0.1) is 6.67 Å². The van der Waals surface area contributed by atoms with Crippen LogP contribution in [0.2, 0.25) is 0 Å². The van der Waals surface area contributed by atoms with E-state index in [0.717, 1.165) is 36.8 Å². The lowest BCUT2D eigenvalue weighted by atomic mass is 9.78. The Morgan fingerprint density at radius 1 is 0.846 bits per heavy atom. The van der Waals surface area contributed by atoms with Crippen LogP contribution in [-0.4, -0.2) is 6.67 Å². The lowest BCUT2D eigenvalue weighted by Gasteiger charge is -2.27. The third kappa shape index (κ3) is 4.78. The minimum absolute atomic E-state index is 0.0581. The van der Waals surface area contributed by atoms with Gasteiger partial charge in [0.2, 0.25) is 0 Å². The van der Waals surface area contributed by atoms with Gasteiger partial charge in [0.15, 0.2) is 0 Å². The maximum Gasteiger partial charge on any atom is 0.263 e. The highest BCUT2D eigenvalue weighted by molar-refractivity contribution is 5.64. The quantitative estimate of drug-likeness (QED) is 0.470. The van der Waals surface area contributed by atoms with Crippen LogP contribution in [0.3, 0.4) is 0 Å². The number of hydrogen-bond acceptors (Lipinski definition) is 0. The van der Waals surface area contributed by atoms with Gasteiger partial charge in [-0.05, 0) is 60.6 Å². The first kappa shape index (κ1) is 18.8. The highest BCUT2D eigenvalue weighted by Gasteiger charge is 2.20. The van der Waals surface area contributed by atoms with Crippen LogP contribution in [0.15, 0.2) is 60.7 Å². The molecule has 0 saturated heterocycles. The van der Waals surface area contributed by atoms with Gasteiger partial charge < -0.3 is 0 Å². The van der Waals surface area contributed by atoms with Crippen molar-refractivity contribution in [2.24, 2.45) is 5.92 Å². The fourth-order valence-corrected chi connectivity index (χ4v) is 3.77. The number of rotatable bonds is 6. The van der Waals surface area contributed by atoms with Gasteiger partial charge in [-0.15, -0.1) is 0 Å². The van der Waals surface area contributed by atoms with Crippen LogP contribution < -0.4 is 0 Å². The first-order chi connectivity index (χ1) is 12.7. The number of halogens is 3. The Morgan fingerprint density at radius 3 is 1.96 bits per heavy atom. The number of benzene rings is 2. The van der Waals surface area contributed by atoms with Gasteiger partial charge in [-0.2, -0.15) is 0 Å². The Hall–Kier alpha value is -2.03. The summed E-state index contributed by atoms with van der Waals surface area (Å²) in [6.07, 6.45) is 6.89. The molecule has 0 N–H and O–H groups in total. The second-order valence-corrected chi connectivity index (χ2v) is 7.06. The summed E-state index contributed by atoms with van der Waals surface area (Å²) in [6.45, 7) is -0.275. The topological polar surface area (TPSA) is 0 Å². The van der Waals surface area contributed by atoms with Gasteiger partial charge in [-0.1, -0.05) is 60.7 Å². The third-order valence-corrected chi connectivity index (χ3v) is 5.33. The largest absolute Gasteiger partial charge is 0.263 e. The molecule has 0 aromatic heterocycles. The van der Waals surface area contributed by atoms with Crippen LogP contribution in [0, 0.1) is 5.92 Å². The van der Waals surface area contributed by atoms with E-state index in [1.165, 1.54) is 17.7 Å². The lowest BCUT2D eigenvalue weighted by molar-refractivity contribution is 0.151. The first-order valence-electron chi connectivity index (χ1n) is 9.38. The molecule has 1 aliphatic rings. The van der Waals surface area contributed by atoms with Gasteiger partial charge in [-0.3, -0.25) is 4.39 Å². The van der Waals surface area contributed by atoms with E-state index in [0.29, 0.717) is 18.3 Å². The minimum Gasteiger partial charge on any atom is -0.251 e. The average molecular weight is 358 g/mol. The molecule has 0 heterocycles. The van der Waals surface area contributed by atoms with E-state index < -0.39 is 6.43 Å². The summed E-state index contributed by atoms with van der Waals surface area (Å²) in [5.74, 6) is 1.17. The molecule has 0 unspecified atom stereocenters. The van der Waals surface area contributed by atoms with Crippen molar-refractivity contribution >= 4 is 0 Å². The van der Waals surface area contributed by atoms with Crippen LogP contribution in [0.25, 0.3) is 11.1 Å².